The molecule has 0 aromatic heterocycles. The molecule has 4 nitrogen and oxygen atoms in total. The third-order valence-corrected chi connectivity index (χ3v) is 4.51. The summed E-state index contributed by atoms with van der Waals surface area (Å²) in [6, 6.07) is 15.6. The van der Waals surface area contributed by atoms with Crippen molar-refractivity contribution in [3.05, 3.63) is 54.1 Å². The van der Waals surface area contributed by atoms with Crippen LogP contribution in [0, 0.1) is 6.92 Å². The summed E-state index contributed by atoms with van der Waals surface area (Å²) in [5.74, 6) is 1.64. The van der Waals surface area contributed by atoms with E-state index in [1.807, 2.05) is 62.4 Å². The first-order valence-corrected chi connectivity index (χ1v) is 8.74. The Balaban J connectivity index is 1.71. The van der Waals surface area contributed by atoms with Gasteiger partial charge in [0.15, 0.2) is 0 Å². The van der Waals surface area contributed by atoms with Gasteiger partial charge in [-0.25, -0.2) is 0 Å². The molecule has 1 amide bonds. The number of aryl methyl sites for hydroxylation is 1. The van der Waals surface area contributed by atoms with E-state index in [0.717, 1.165) is 22.0 Å². The van der Waals surface area contributed by atoms with Crippen LogP contribution in [0.15, 0.2) is 53.4 Å². The zero-order valence-corrected chi connectivity index (χ0v) is 15.1. The molecule has 2 aromatic rings. The Bertz CT molecular complexity index is 658. The maximum Gasteiger partial charge on any atom is 0.233 e. The first-order chi connectivity index (χ1) is 11.6. The number of methoxy groups -OCH3 is 1. The van der Waals surface area contributed by atoms with E-state index in [0.29, 0.717) is 13.2 Å². The summed E-state index contributed by atoms with van der Waals surface area (Å²) in [6.07, 6.45) is 0. The van der Waals surface area contributed by atoms with Gasteiger partial charge < -0.3 is 14.8 Å². The molecule has 0 saturated heterocycles. The van der Waals surface area contributed by atoms with Crippen molar-refractivity contribution in [2.75, 3.05) is 20.3 Å². The molecule has 0 aliphatic rings. The molecule has 128 valence electrons. The van der Waals surface area contributed by atoms with Crippen LogP contribution in [0.5, 0.6) is 11.5 Å². The Kier molecular flexibility index (Phi) is 7.00. The number of benzene rings is 2. The highest BCUT2D eigenvalue weighted by atomic mass is 32.2. The monoisotopic (exact) mass is 345 g/mol. The molecule has 2 rings (SSSR count). The van der Waals surface area contributed by atoms with Crippen LogP contribution < -0.4 is 14.8 Å². The van der Waals surface area contributed by atoms with Gasteiger partial charge in [-0.1, -0.05) is 12.1 Å². The number of carbonyl (C=O) groups excluding carboxylic acids is 1. The van der Waals surface area contributed by atoms with Crippen molar-refractivity contribution in [2.45, 2.75) is 24.0 Å². The van der Waals surface area contributed by atoms with E-state index in [4.69, 9.17) is 9.47 Å². The van der Waals surface area contributed by atoms with Crippen molar-refractivity contribution in [3.8, 4) is 11.5 Å². The Morgan fingerprint density at radius 2 is 1.92 bits per heavy atom. The predicted molar refractivity (Wildman–Crippen MR) is 98.0 cm³/mol. The van der Waals surface area contributed by atoms with Gasteiger partial charge in [-0.2, -0.15) is 0 Å². The molecule has 0 fully saturated rings. The van der Waals surface area contributed by atoms with Gasteiger partial charge in [0, 0.05) is 4.90 Å². The van der Waals surface area contributed by atoms with Gasteiger partial charge in [-0.3, -0.25) is 4.79 Å². The fourth-order valence-electron chi connectivity index (χ4n) is 2.10. The quantitative estimate of drug-likeness (QED) is 0.586. The number of amides is 1. The van der Waals surface area contributed by atoms with Crippen LogP contribution in [0.25, 0.3) is 0 Å². The zero-order valence-electron chi connectivity index (χ0n) is 14.2. The van der Waals surface area contributed by atoms with Crippen LogP contribution in [0.2, 0.25) is 0 Å². The lowest BCUT2D eigenvalue weighted by Gasteiger charge is -2.13. The Labute approximate surface area is 147 Å². The minimum absolute atomic E-state index is 0.00339. The van der Waals surface area contributed by atoms with Crippen molar-refractivity contribution in [1.82, 2.24) is 5.32 Å². The Morgan fingerprint density at radius 3 is 2.58 bits per heavy atom. The number of nitrogens with one attached hydrogen (secondary N) is 1. The summed E-state index contributed by atoms with van der Waals surface area (Å²) in [6.45, 7) is 4.85. The van der Waals surface area contributed by atoms with E-state index in [1.54, 1.807) is 7.11 Å². The highest BCUT2D eigenvalue weighted by molar-refractivity contribution is 8.00. The van der Waals surface area contributed by atoms with Gasteiger partial charge in [0.05, 0.1) is 18.9 Å². The summed E-state index contributed by atoms with van der Waals surface area (Å²) in [7, 11) is 1.64. The number of carbonyl (C=O) groups is 1. The number of rotatable bonds is 8. The third kappa shape index (κ3) is 5.81. The average molecular weight is 345 g/mol. The normalized spacial score (nSPS) is 11.6. The van der Waals surface area contributed by atoms with Gasteiger partial charge in [-0.15, -0.1) is 11.8 Å². The minimum atomic E-state index is -0.169. The smallest absolute Gasteiger partial charge is 0.233 e. The van der Waals surface area contributed by atoms with Crippen molar-refractivity contribution in [3.63, 3.8) is 0 Å². The Hall–Kier alpha value is -2.14. The second-order valence-electron chi connectivity index (χ2n) is 5.39. The van der Waals surface area contributed by atoms with Crippen molar-refractivity contribution >= 4 is 17.7 Å². The standard InChI is InChI=1S/C19H23NO3S/c1-14-5-4-6-17(13-14)23-12-11-20-19(21)15(2)24-18-9-7-16(22-3)8-10-18/h4-10,13,15H,11-12H2,1-3H3,(H,20,21)/t15-/m0/s1. The average Bonchev–Trinajstić information content (AvgIpc) is 2.59. The number of ether oxygens (including phenoxy) is 2. The maximum absolute atomic E-state index is 12.1. The summed E-state index contributed by atoms with van der Waals surface area (Å²) in [4.78, 5) is 13.2. The second kappa shape index (κ2) is 9.23. The lowest BCUT2D eigenvalue weighted by molar-refractivity contribution is -0.120. The molecule has 0 bridgehead atoms. The van der Waals surface area contributed by atoms with Crippen molar-refractivity contribution in [1.29, 1.82) is 0 Å². The predicted octanol–water partition coefficient (Wildman–Crippen LogP) is 3.68. The lowest BCUT2D eigenvalue weighted by Crippen LogP contribution is -2.33. The van der Waals surface area contributed by atoms with E-state index in [2.05, 4.69) is 5.32 Å². The number of hydrogen-bond donors (Lipinski definition) is 1. The van der Waals surface area contributed by atoms with Crippen molar-refractivity contribution in [2.24, 2.45) is 0 Å². The Morgan fingerprint density at radius 1 is 1.17 bits per heavy atom. The molecule has 5 heteroatoms. The first kappa shape index (κ1) is 18.2. The molecule has 1 N–H and O–H groups in total. The summed E-state index contributed by atoms with van der Waals surface area (Å²) in [5.41, 5.74) is 1.15. The highest BCUT2D eigenvalue weighted by Gasteiger charge is 2.13. The van der Waals surface area contributed by atoms with E-state index in [9.17, 15) is 4.79 Å². The molecule has 0 spiro atoms. The minimum Gasteiger partial charge on any atom is -0.497 e. The summed E-state index contributed by atoms with van der Waals surface area (Å²) in [5, 5.41) is 2.73. The molecule has 24 heavy (non-hydrogen) atoms. The molecule has 0 radical (unpaired) electrons. The molecular weight excluding hydrogens is 322 g/mol. The topological polar surface area (TPSA) is 47.6 Å². The van der Waals surface area contributed by atoms with Crippen LogP contribution >= 0.6 is 11.8 Å². The fourth-order valence-corrected chi connectivity index (χ4v) is 3.00. The van der Waals surface area contributed by atoms with Crippen LogP contribution in [0.1, 0.15) is 12.5 Å². The van der Waals surface area contributed by atoms with Crippen LogP contribution in [0.4, 0.5) is 0 Å². The first-order valence-electron chi connectivity index (χ1n) is 7.86. The number of hydrogen-bond acceptors (Lipinski definition) is 4. The second-order valence-corrected chi connectivity index (χ2v) is 6.81. The summed E-state index contributed by atoms with van der Waals surface area (Å²) < 4.78 is 10.8. The van der Waals surface area contributed by atoms with Gasteiger partial charge in [0.1, 0.15) is 18.1 Å². The van der Waals surface area contributed by atoms with Crippen LogP contribution in [-0.4, -0.2) is 31.4 Å². The largest absolute Gasteiger partial charge is 0.497 e. The molecule has 0 aliphatic heterocycles. The molecule has 2 aromatic carbocycles. The van der Waals surface area contributed by atoms with Crippen molar-refractivity contribution < 1.29 is 14.3 Å². The van der Waals surface area contributed by atoms with E-state index < -0.39 is 0 Å². The van der Waals surface area contributed by atoms with Gasteiger partial charge >= 0.3 is 0 Å². The molecule has 0 saturated carbocycles. The van der Waals surface area contributed by atoms with Crippen LogP contribution in [-0.2, 0) is 4.79 Å². The lowest BCUT2D eigenvalue weighted by atomic mass is 10.2. The molecule has 1 atom stereocenters. The molecule has 0 unspecified atom stereocenters. The third-order valence-electron chi connectivity index (χ3n) is 3.40. The van der Waals surface area contributed by atoms with Crippen LogP contribution in [0.3, 0.4) is 0 Å². The molecule has 0 heterocycles. The fraction of sp³-hybridized carbons (Fsp3) is 0.316. The number of thioether (sulfide) groups is 1. The van der Waals surface area contributed by atoms with E-state index in [-0.39, 0.29) is 11.2 Å². The summed E-state index contributed by atoms with van der Waals surface area (Å²) >= 11 is 1.52. The molecule has 0 aliphatic carbocycles. The zero-order chi connectivity index (χ0) is 17.4. The highest BCUT2D eigenvalue weighted by Crippen LogP contribution is 2.25. The van der Waals surface area contributed by atoms with Gasteiger partial charge in [-0.05, 0) is 55.8 Å². The SMILES string of the molecule is COc1ccc(S[C@@H](C)C(=O)NCCOc2cccc(C)c2)cc1. The van der Waals surface area contributed by atoms with Gasteiger partial charge in [0.2, 0.25) is 5.91 Å². The van der Waals surface area contributed by atoms with E-state index >= 15 is 0 Å². The molecular formula is C19H23NO3S. The van der Waals surface area contributed by atoms with Gasteiger partial charge in [0.25, 0.3) is 0 Å². The van der Waals surface area contributed by atoms with E-state index in [1.165, 1.54) is 11.8 Å². The maximum atomic E-state index is 12.1.